The van der Waals surface area contributed by atoms with E-state index in [9.17, 15) is 5.11 Å². The van der Waals surface area contributed by atoms with E-state index in [0.29, 0.717) is 6.54 Å². The van der Waals surface area contributed by atoms with Gasteiger partial charge in [0, 0.05) is 37.6 Å². The van der Waals surface area contributed by atoms with E-state index in [4.69, 9.17) is 0 Å². The average Bonchev–Trinajstić information content (AvgIpc) is 2.54. The highest BCUT2D eigenvalue weighted by Crippen LogP contribution is 2.12. The second-order valence-electron chi connectivity index (χ2n) is 5.14. The minimum absolute atomic E-state index is 0.540. The van der Waals surface area contributed by atoms with Gasteiger partial charge in [0.15, 0.2) is 0 Å². The summed E-state index contributed by atoms with van der Waals surface area (Å²) in [6.07, 6.45) is 4.97. The summed E-state index contributed by atoms with van der Waals surface area (Å²) in [6, 6.07) is 11.6. The topological polar surface area (TPSA) is 49.2 Å². The Bertz CT molecular complexity index is 504. The number of rotatable bonds is 8. The first kappa shape index (κ1) is 15.6. The second kappa shape index (κ2) is 8.49. The van der Waals surface area contributed by atoms with Crippen molar-refractivity contribution in [3.05, 3.63) is 60.2 Å². The summed E-state index contributed by atoms with van der Waals surface area (Å²) < 4.78 is 0. The first-order valence-electron chi connectivity index (χ1n) is 7.51. The van der Waals surface area contributed by atoms with Gasteiger partial charge >= 0.3 is 0 Å². The van der Waals surface area contributed by atoms with E-state index < -0.39 is 6.10 Å². The SMILES string of the molecule is CCCN(CCc1ccccn1)CC(O)c1ccccn1. The highest BCUT2D eigenvalue weighted by Gasteiger charge is 2.14. The molecule has 1 N–H and O–H groups in total. The highest BCUT2D eigenvalue weighted by atomic mass is 16.3. The quantitative estimate of drug-likeness (QED) is 0.809. The van der Waals surface area contributed by atoms with Crippen molar-refractivity contribution in [1.82, 2.24) is 14.9 Å². The van der Waals surface area contributed by atoms with Crippen LogP contribution in [0.2, 0.25) is 0 Å². The van der Waals surface area contributed by atoms with E-state index in [1.165, 1.54) is 0 Å². The lowest BCUT2D eigenvalue weighted by Gasteiger charge is -2.24. The van der Waals surface area contributed by atoms with Crippen LogP contribution in [0.1, 0.15) is 30.8 Å². The number of aliphatic hydroxyl groups is 1. The molecular weight excluding hydrogens is 262 g/mol. The van der Waals surface area contributed by atoms with Crippen molar-refractivity contribution in [3.8, 4) is 0 Å². The van der Waals surface area contributed by atoms with Gasteiger partial charge in [-0.1, -0.05) is 19.1 Å². The van der Waals surface area contributed by atoms with E-state index in [2.05, 4.69) is 21.8 Å². The van der Waals surface area contributed by atoms with Gasteiger partial charge < -0.3 is 5.11 Å². The molecule has 0 amide bonds. The third kappa shape index (κ3) is 5.25. The zero-order chi connectivity index (χ0) is 14.9. The molecule has 4 heteroatoms. The van der Waals surface area contributed by atoms with Crippen molar-refractivity contribution < 1.29 is 5.11 Å². The Morgan fingerprint density at radius 1 is 1.05 bits per heavy atom. The van der Waals surface area contributed by atoms with Gasteiger partial charge in [-0.25, -0.2) is 0 Å². The van der Waals surface area contributed by atoms with Crippen LogP contribution in [0.3, 0.4) is 0 Å². The number of aliphatic hydroxyl groups excluding tert-OH is 1. The average molecular weight is 285 g/mol. The minimum atomic E-state index is -0.540. The molecule has 0 aromatic carbocycles. The Morgan fingerprint density at radius 3 is 2.43 bits per heavy atom. The fourth-order valence-electron chi connectivity index (χ4n) is 2.34. The lowest BCUT2D eigenvalue weighted by molar-refractivity contribution is 0.110. The zero-order valence-electron chi connectivity index (χ0n) is 12.5. The van der Waals surface area contributed by atoms with Gasteiger partial charge in [0.2, 0.25) is 0 Å². The summed E-state index contributed by atoms with van der Waals surface area (Å²) in [5.41, 5.74) is 1.82. The van der Waals surface area contributed by atoms with Gasteiger partial charge in [0.05, 0.1) is 5.69 Å². The first-order valence-corrected chi connectivity index (χ1v) is 7.51. The predicted molar refractivity (Wildman–Crippen MR) is 83.9 cm³/mol. The molecular formula is C17H23N3O. The van der Waals surface area contributed by atoms with Crippen LogP contribution >= 0.6 is 0 Å². The number of hydrogen-bond acceptors (Lipinski definition) is 4. The standard InChI is InChI=1S/C17H23N3O/c1-2-12-20(13-9-15-7-3-5-10-18-15)14-17(21)16-8-4-6-11-19-16/h3-8,10-11,17,21H,2,9,12-14H2,1H3. The Balaban J connectivity index is 1.89. The third-order valence-corrected chi connectivity index (χ3v) is 3.41. The second-order valence-corrected chi connectivity index (χ2v) is 5.14. The maximum Gasteiger partial charge on any atom is 0.109 e. The lowest BCUT2D eigenvalue weighted by Crippen LogP contribution is -2.31. The maximum absolute atomic E-state index is 10.3. The van der Waals surface area contributed by atoms with Crippen molar-refractivity contribution >= 4 is 0 Å². The molecule has 0 saturated heterocycles. The fourth-order valence-corrected chi connectivity index (χ4v) is 2.34. The molecule has 1 atom stereocenters. The molecule has 4 nitrogen and oxygen atoms in total. The van der Waals surface area contributed by atoms with Crippen LogP contribution < -0.4 is 0 Å². The van der Waals surface area contributed by atoms with Crippen molar-refractivity contribution in [2.45, 2.75) is 25.9 Å². The lowest BCUT2D eigenvalue weighted by atomic mass is 10.2. The van der Waals surface area contributed by atoms with Gasteiger partial charge in [0.25, 0.3) is 0 Å². The first-order chi connectivity index (χ1) is 10.3. The van der Waals surface area contributed by atoms with Crippen LogP contribution in [0, 0.1) is 0 Å². The summed E-state index contributed by atoms with van der Waals surface area (Å²) in [6.45, 7) is 4.63. The molecule has 2 heterocycles. The van der Waals surface area contributed by atoms with Crippen molar-refractivity contribution in [1.29, 1.82) is 0 Å². The van der Waals surface area contributed by atoms with Crippen LogP contribution in [0.25, 0.3) is 0 Å². The minimum Gasteiger partial charge on any atom is -0.385 e. The normalized spacial score (nSPS) is 12.5. The van der Waals surface area contributed by atoms with E-state index in [1.807, 2.05) is 42.6 Å². The fraction of sp³-hybridized carbons (Fsp3) is 0.412. The number of nitrogens with zero attached hydrogens (tertiary/aromatic N) is 3. The van der Waals surface area contributed by atoms with Crippen molar-refractivity contribution in [2.24, 2.45) is 0 Å². The van der Waals surface area contributed by atoms with Gasteiger partial charge in [0.1, 0.15) is 6.10 Å². The van der Waals surface area contributed by atoms with Crippen LogP contribution in [-0.2, 0) is 6.42 Å². The summed E-state index contributed by atoms with van der Waals surface area (Å²) >= 11 is 0. The molecule has 2 aromatic rings. The highest BCUT2D eigenvalue weighted by molar-refractivity contribution is 5.07. The third-order valence-electron chi connectivity index (χ3n) is 3.41. The monoisotopic (exact) mass is 285 g/mol. The molecule has 21 heavy (non-hydrogen) atoms. The molecule has 0 radical (unpaired) electrons. The van der Waals surface area contributed by atoms with Crippen LogP contribution in [0.4, 0.5) is 0 Å². The molecule has 0 spiro atoms. The van der Waals surface area contributed by atoms with Gasteiger partial charge in [-0.05, 0) is 37.2 Å². The smallest absolute Gasteiger partial charge is 0.109 e. The largest absolute Gasteiger partial charge is 0.385 e. The molecule has 1 unspecified atom stereocenters. The molecule has 112 valence electrons. The Labute approximate surface area is 126 Å². The zero-order valence-corrected chi connectivity index (χ0v) is 12.5. The summed E-state index contributed by atoms with van der Waals surface area (Å²) in [4.78, 5) is 10.8. The van der Waals surface area contributed by atoms with Gasteiger partial charge in [-0.3, -0.25) is 14.9 Å². The van der Waals surface area contributed by atoms with Gasteiger partial charge in [-0.15, -0.1) is 0 Å². The number of aromatic nitrogens is 2. The predicted octanol–water partition coefficient (Wildman–Crippen LogP) is 2.46. The number of pyridine rings is 2. The van der Waals surface area contributed by atoms with E-state index in [-0.39, 0.29) is 0 Å². The molecule has 2 rings (SSSR count). The van der Waals surface area contributed by atoms with Crippen LogP contribution in [-0.4, -0.2) is 39.6 Å². The molecule has 0 aliphatic carbocycles. The summed E-state index contributed by atoms with van der Waals surface area (Å²) in [5.74, 6) is 0. The molecule has 0 aliphatic rings. The van der Waals surface area contributed by atoms with Crippen LogP contribution in [0.15, 0.2) is 48.8 Å². The van der Waals surface area contributed by atoms with Crippen molar-refractivity contribution in [3.63, 3.8) is 0 Å². The Hall–Kier alpha value is -1.78. The van der Waals surface area contributed by atoms with E-state index >= 15 is 0 Å². The number of hydrogen-bond donors (Lipinski definition) is 1. The van der Waals surface area contributed by atoms with Gasteiger partial charge in [-0.2, -0.15) is 0 Å². The Morgan fingerprint density at radius 2 is 1.81 bits per heavy atom. The molecule has 2 aromatic heterocycles. The van der Waals surface area contributed by atoms with Crippen molar-refractivity contribution in [2.75, 3.05) is 19.6 Å². The van der Waals surface area contributed by atoms with Crippen LogP contribution in [0.5, 0.6) is 0 Å². The van der Waals surface area contributed by atoms with E-state index in [0.717, 1.165) is 37.3 Å². The molecule has 0 fully saturated rings. The summed E-state index contributed by atoms with van der Waals surface area (Å²) in [5, 5.41) is 10.3. The Kier molecular flexibility index (Phi) is 6.31. The molecule has 0 aliphatic heterocycles. The maximum atomic E-state index is 10.3. The molecule has 0 saturated carbocycles. The summed E-state index contributed by atoms with van der Waals surface area (Å²) in [7, 11) is 0. The molecule has 0 bridgehead atoms. The van der Waals surface area contributed by atoms with E-state index in [1.54, 1.807) is 6.20 Å².